The molecule has 2 heteroatoms. The third-order valence-electron chi connectivity index (χ3n) is 4.29. The molecule has 0 spiro atoms. The van der Waals surface area contributed by atoms with E-state index in [2.05, 4.69) is 11.8 Å². The molecule has 0 amide bonds. The fourth-order valence-corrected chi connectivity index (χ4v) is 3.47. The van der Waals surface area contributed by atoms with Crippen molar-refractivity contribution in [1.82, 2.24) is 4.90 Å². The van der Waals surface area contributed by atoms with Crippen LogP contribution in [0.4, 0.5) is 0 Å². The van der Waals surface area contributed by atoms with Crippen molar-refractivity contribution < 1.29 is 4.79 Å². The molecule has 1 aliphatic carbocycles. The third kappa shape index (κ3) is 1.31. The van der Waals surface area contributed by atoms with Gasteiger partial charge in [-0.25, -0.2) is 0 Å². The van der Waals surface area contributed by atoms with Gasteiger partial charge in [0.25, 0.3) is 0 Å². The number of hydrogen-bond acceptors (Lipinski definition) is 2. The highest BCUT2D eigenvalue weighted by atomic mass is 16.1. The first-order valence-electron chi connectivity index (χ1n) is 6.05. The largest absolute Gasteiger partial charge is 0.300 e. The smallest absolute Gasteiger partial charge is 0.136 e. The molecule has 2 aliphatic heterocycles. The Morgan fingerprint density at radius 2 is 1.79 bits per heavy atom. The summed E-state index contributed by atoms with van der Waals surface area (Å²) in [6, 6.07) is 2.06. The Morgan fingerprint density at radius 1 is 1.21 bits per heavy atom. The predicted molar refractivity (Wildman–Crippen MR) is 55.1 cm³/mol. The van der Waals surface area contributed by atoms with E-state index in [4.69, 9.17) is 0 Å². The van der Waals surface area contributed by atoms with E-state index in [1.165, 1.54) is 25.7 Å². The maximum Gasteiger partial charge on any atom is 0.136 e. The third-order valence-corrected chi connectivity index (χ3v) is 4.29. The molecule has 0 radical (unpaired) electrons. The lowest BCUT2D eigenvalue weighted by Gasteiger charge is -2.46. The van der Waals surface area contributed by atoms with E-state index < -0.39 is 0 Å². The number of rotatable bonds is 1. The molecular weight excluding hydrogens is 174 g/mol. The molecular formula is C12H19NO. The standard InChI is InChI=1S/C12H19NO/c1-8-5-12(8)13-9-3-2-4-10(13)7-11(14)6-9/h8-10,12H,2-7H2,1H3. The SMILES string of the molecule is CC1CC1N1C2CCCC1CC(=O)C2. The Kier molecular flexibility index (Phi) is 1.94. The van der Waals surface area contributed by atoms with Gasteiger partial charge in [0.05, 0.1) is 0 Å². The van der Waals surface area contributed by atoms with Gasteiger partial charge in [-0.1, -0.05) is 13.3 Å². The highest BCUT2D eigenvalue weighted by Gasteiger charge is 2.48. The molecule has 4 unspecified atom stereocenters. The van der Waals surface area contributed by atoms with Crippen molar-refractivity contribution in [3.8, 4) is 0 Å². The van der Waals surface area contributed by atoms with Crippen molar-refractivity contribution in [3.63, 3.8) is 0 Å². The summed E-state index contributed by atoms with van der Waals surface area (Å²) >= 11 is 0. The molecule has 3 rings (SSSR count). The number of hydrogen-bond donors (Lipinski definition) is 0. The molecule has 4 atom stereocenters. The van der Waals surface area contributed by atoms with Crippen LogP contribution in [0.5, 0.6) is 0 Å². The Hall–Kier alpha value is -0.370. The summed E-state index contributed by atoms with van der Waals surface area (Å²) in [6.45, 7) is 2.34. The average molecular weight is 193 g/mol. The number of carbonyl (C=O) groups excluding carboxylic acids is 1. The van der Waals surface area contributed by atoms with Gasteiger partial charge in [-0.05, 0) is 25.2 Å². The summed E-state index contributed by atoms with van der Waals surface area (Å²) in [4.78, 5) is 14.2. The van der Waals surface area contributed by atoms with Crippen molar-refractivity contribution in [2.75, 3.05) is 0 Å². The van der Waals surface area contributed by atoms with Crippen molar-refractivity contribution >= 4 is 5.78 Å². The summed E-state index contributed by atoms with van der Waals surface area (Å²) in [5.41, 5.74) is 0. The van der Waals surface area contributed by atoms with Crippen LogP contribution >= 0.6 is 0 Å². The quantitative estimate of drug-likeness (QED) is 0.634. The van der Waals surface area contributed by atoms with Crippen molar-refractivity contribution in [2.24, 2.45) is 5.92 Å². The van der Waals surface area contributed by atoms with Crippen LogP contribution in [0.25, 0.3) is 0 Å². The van der Waals surface area contributed by atoms with E-state index in [-0.39, 0.29) is 0 Å². The lowest BCUT2D eigenvalue weighted by molar-refractivity contribution is -0.127. The minimum atomic E-state index is 0.518. The lowest BCUT2D eigenvalue weighted by Crippen LogP contribution is -2.53. The molecule has 0 aromatic carbocycles. The fraction of sp³-hybridized carbons (Fsp3) is 0.917. The van der Waals surface area contributed by atoms with E-state index in [0.717, 1.165) is 24.8 Å². The molecule has 2 nitrogen and oxygen atoms in total. The summed E-state index contributed by atoms with van der Waals surface area (Å²) in [5.74, 6) is 1.41. The summed E-state index contributed by atoms with van der Waals surface area (Å²) in [5, 5.41) is 0. The van der Waals surface area contributed by atoms with Gasteiger partial charge in [0.2, 0.25) is 0 Å². The fourth-order valence-electron chi connectivity index (χ4n) is 3.47. The first kappa shape index (κ1) is 8.90. The van der Waals surface area contributed by atoms with E-state index in [1.54, 1.807) is 0 Å². The van der Waals surface area contributed by atoms with Crippen LogP contribution in [0.2, 0.25) is 0 Å². The Bertz CT molecular complexity index is 247. The number of fused-ring (bicyclic) bond motifs is 2. The molecule has 0 N–H and O–H groups in total. The van der Waals surface area contributed by atoms with Crippen LogP contribution in [0.3, 0.4) is 0 Å². The Morgan fingerprint density at radius 3 is 2.29 bits per heavy atom. The van der Waals surface area contributed by atoms with E-state index in [1.807, 2.05) is 0 Å². The van der Waals surface area contributed by atoms with Gasteiger partial charge in [-0.3, -0.25) is 9.69 Å². The van der Waals surface area contributed by atoms with E-state index >= 15 is 0 Å². The van der Waals surface area contributed by atoms with Gasteiger partial charge in [-0.2, -0.15) is 0 Å². The normalized spacial score (nSPS) is 47.9. The van der Waals surface area contributed by atoms with Crippen LogP contribution in [0.15, 0.2) is 0 Å². The van der Waals surface area contributed by atoms with Gasteiger partial charge in [-0.15, -0.1) is 0 Å². The summed E-state index contributed by atoms with van der Waals surface area (Å²) < 4.78 is 0. The minimum absolute atomic E-state index is 0.518. The summed E-state index contributed by atoms with van der Waals surface area (Å²) in [6.07, 6.45) is 6.96. The van der Waals surface area contributed by atoms with Crippen LogP contribution < -0.4 is 0 Å². The van der Waals surface area contributed by atoms with E-state index in [9.17, 15) is 4.79 Å². The number of nitrogens with zero attached hydrogens (tertiary/aromatic N) is 1. The lowest BCUT2D eigenvalue weighted by atomic mass is 9.83. The molecule has 2 heterocycles. The average Bonchev–Trinajstić information content (AvgIpc) is 2.80. The molecule has 2 saturated heterocycles. The van der Waals surface area contributed by atoms with Crippen molar-refractivity contribution in [3.05, 3.63) is 0 Å². The maximum absolute atomic E-state index is 11.5. The Labute approximate surface area is 85.7 Å². The topological polar surface area (TPSA) is 20.3 Å². The monoisotopic (exact) mass is 193 g/mol. The molecule has 3 fully saturated rings. The maximum atomic E-state index is 11.5. The molecule has 2 bridgehead atoms. The number of ketones is 1. The minimum Gasteiger partial charge on any atom is -0.300 e. The zero-order valence-electron chi connectivity index (χ0n) is 8.91. The second-order valence-corrected chi connectivity index (χ2v) is 5.41. The number of carbonyl (C=O) groups is 1. The van der Waals surface area contributed by atoms with Crippen molar-refractivity contribution in [2.45, 2.75) is 63.6 Å². The summed E-state index contributed by atoms with van der Waals surface area (Å²) in [7, 11) is 0. The second-order valence-electron chi connectivity index (χ2n) is 5.41. The zero-order chi connectivity index (χ0) is 9.71. The second kappa shape index (κ2) is 3.06. The number of Topliss-reactive ketones (excluding diaryl/α,β-unsaturated/α-hetero) is 1. The molecule has 14 heavy (non-hydrogen) atoms. The van der Waals surface area contributed by atoms with Crippen LogP contribution in [-0.2, 0) is 4.79 Å². The van der Waals surface area contributed by atoms with Gasteiger partial charge < -0.3 is 0 Å². The van der Waals surface area contributed by atoms with Gasteiger partial charge in [0.1, 0.15) is 5.78 Å². The molecule has 1 saturated carbocycles. The van der Waals surface area contributed by atoms with Crippen LogP contribution in [0, 0.1) is 5.92 Å². The molecule has 3 aliphatic rings. The van der Waals surface area contributed by atoms with Crippen LogP contribution in [0.1, 0.15) is 45.4 Å². The van der Waals surface area contributed by atoms with Gasteiger partial charge >= 0.3 is 0 Å². The Balaban J connectivity index is 1.79. The molecule has 0 aromatic heterocycles. The predicted octanol–water partition coefficient (Wildman–Crippen LogP) is 1.98. The van der Waals surface area contributed by atoms with Crippen molar-refractivity contribution in [1.29, 1.82) is 0 Å². The first-order valence-corrected chi connectivity index (χ1v) is 6.05. The van der Waals surface area contributed by atoms with Gasteiger partial charge in [0, 0.05) is 31.0 Å². The highest BCUT2D eigenvalue weighted by Crippen LogP contribution is 2.44. The van der Waals surface area contributed by atoms with E-state index in [0.29, 0.717) is 17.9 Å². The highest BCUT2D eigenvalue weighted by molar-refractivity contribution is 5.80. The van der Waals surface area contributed by atoms with Gasteiger partial charge in [0.15, 0.2) is 0 Å². The zero-order valence-corrected chi connectivity index (χ0v) is 8.91. The van der Waals surface area contributed by atoms with Crippen LogP contribution in [-0.4, -0.2) is 28.8 Å². The number of piperidine rings is 2. The first-order chi connectivity index (χ1) is 6.75. The molecule has 78 valence electrons. The molecule has 0 aromatic rings.